The molecule has 1 rings (SSSR count). The molecule has 0 aliphatic carbocycles. The molecule has 3 unspecified atom stereocenters. The number of rotatable bonds is 7. The summed E-state index contributed by atoms with van der Waals surface area (Å²) in [5.74, 6) is -1.64. The predicted molar refractivity (Wildman–Crippen MR) is 68.0 cm³/mol. The van der Waals surface area contributed by atoms with Crippen LogP contribution in [0.4, 0.5) is 4.79 Å². The summed E-state index contributed by atoms with van der Waals surface area (Å²) >= 11 is 0. The van der Waals surface area contributed by atoms with Crippen molar-refractivity contribution in [2.45, 2.75) is 31.8 Å². The van der Waals surface area contributed by atoms with Crippen LogP contribution in [0.2, 0.25) is 0 Å². The zero-order valence-corrected chi connectivity index (χ0v) is 11.3. The molecule has 0 radical (unpaired) electrons. The number of nitrogens with one attached hydrogen (secondary N) is 2. The van der Waals surface area contributed by atoms with Crippen molar-refractivity contribution in [2.24, 2.45) is 5.92 Å². The average Bonchev–Trinajstić information content (AvgIpc) is 2.77. The topological polar surface area (TPSA) is 96.9 Å². The Morgan fingerprint density at radius 1 is 1.47 bits per heavy atom. The van der Waals surface area contributed by atoms with E-state index < -0.39 is 17.9 Å². The fourth-order valence-electron chi connectivity index (χ4n) is 2.08. The van der Waals surface area contributed by atoms with Crippen LogP contribution in [0.15, 0.2) is 0 Å². The average molecular weight is 274 g/mol. The number of aliphatic carboxylic acids is 1. The van der Waals surface area contributed by atoms with E-state index in [4.69, 9.17) is 14.6 Å². The molecule has 0 spiro atoms. The lowest BCUT2D eigenvalue weighted by molar-refractivity contribution is -0.142. The van der Waals surface area contributed by atoms with Gasteiger partial charge in [0.15, 0.2) is 0 Å². The molecule has 1 aliphatic rings. The van der Waals surface area contributed by atoms with E-state index in [1.807, 2.05) is 6.92 Å². The van der Waals surface area contributed by atoms with E-state index in [0.717, 1.165) is 12.8 Å². The molecular weight excluding hydrogens is 252 g/mol. The second-order valence-electron chi connectivity index (χ2n) is 4.65. The number of hydrogen-bond acceptors (Lipinski definition) is 4. The Kier molecular flexibility index (Phi) is 6.58. The van der Waals surface area contributed by atoms with Gasteiger partial charge < -0.3 is 25.2 Å². The van der Waals surface area contributed by atoms with Crippen molar-refractivity contribution < 1.29 is 24.2 Å². The lowest BCUT2D eigenvalue weighted by Gasteiger charge is -2.21. The van der Waals surface area contributed by atoms with E-state index in [0.29, 0.717) is 6.61 Å². The van der Waals surface area contributed by atoms with Gasteiger partial charge in [0.1, 0.15) is 5.92 Å². The molecule has 3 atom stereocenters. The van der Waals surface area contributed by atoms with Gasteiger partial charge in [0.05, 0.1) is 31.9 Å². The molecule has 0 aromatic rings. The summed E-state index contributed by atoms with van der Waals surface area (Å²) in [6.07, 6.45) is 1.74. The van der Waals surface area contributed by atoms with Gasteiger partial charge in [-0.25, -0.2) is 4.79 Å². The normalized spacial score (nSPS) is 23.9. The molecule has 0 aromatic heterocycles. The first-order chi connectivity index (χ1) is 9.08. The summed E-state index contributed by atoms with van der Waals surface area (Å²) < 4.78 is 10.1. The number of urea groups is 1. The molecule has 7 nitrogen and oxygen atoms in total. The van der Waals surface area contributed by atoms with E-state index in [2.05, 4.69) is 10.6 Å². The van der Waals surface area contributed by atoms with E-state index in [9.17, 15) is 9.59 Å². The maximum absolute atomic E-state index is 11.8. The van der Waals surface area contributed by atoms with E-state index in [1.54, 1.807) is 7.11 Å². The number of carbonyl (C=O) groups excluding carboxylic acids is 1. The summed E-state index contributed by atoms with van der Waals surface area (Å²) in [5, 5.41) is 14.4. The van der Waals surface area contributed by atoms with Crippen molar-refractivity contribution in [3.8, 4) is 0 Å². The minimum Gasteiger partial charge on any atom is -0.481 e. The molecule has 1 saturated heterocycles. The van der Waals surface area contributed by atoms with Crippen LogP contribution in [-0.2, 0) is 14.3 Å². The minimum absolute atomic E-state index is 0.0689. The van der Waals surface area contributed by atoms with Crippen LogP contribution in [0.5, 0.6) is 0 Å². The van der Waals surface area contributed by atoms with Crippen molar-refractivity contribution in [2.75, 3.05) is 26.9 Å². The maximum atomic E-state index is 11.8. The lowest BCUT2D eigenvalue weighted by atomic mass is 10.0. The van der Waals surface area contributed by atoms with Crippen LogP contribution >= 0.6 is 0 Å². The molecule has 19 heavy (non-hydrogen) atoms. The third-order valence-electron chi connectivity index (χ3n) is 3.05. The number of amides is 2. The van der Waals surface area contributed by atoms with Crippen molar-refractivity contribution >= 4 is 12.0 Å². The summed E-state index contributed by atoms with van der Waals surface area (Å²) in [6, 6.07) is -0.930. The summed E-state index contributed by atoms with van der Waals surface area (Å²) in [6.45, 7) is 2.82. The fraction of sp³-hybridized carbons (Fsp3) is 0.833. The van der Waals surface area contributed by atoms with E-state index in [1.165, 1.54) is 0 Å². The first-order valence-corrected chi connectivity index (χ1v) is 6.45. The lowest BCUT2D eigenvalue weighted by Crippen LogP contribution is -2.50. The van der Waals surface area contributed by atoms with Crippen LogP contribution in [0.25, 0.3) is 0 Å². The first kappa shape index (κ1) is 15.7. The van der Waals surface area contributed by atoms with Crippen LogP contribution in [0.1, 0.15) is 19.8 Å². The molecule has 2 amide bonds. The quantitative estimate of drug-likeness (QED) is 0.616. The smallest absolute Gasteiger partial charge is 0.315 e. The van der Waals surface area contributed by atoms with Gasteiger partial charge in [0.25, 0.3) is 0 Å². The third-order valence-corrected chi connectivity index (χ3v) is 3.05. The van der Waals surface area contributed by atoms with Crippen LogP contribution < -0.4 is 10.6 Å². The molecule has 7 heteroatoms. The highest BCUT2D eigenvalue weighted by molar-refractivity contribution is 5.77. The minimum atomic E-state index is -0.954. The fourth-order valence-corrected chi connectivity index (χ4v) is 2.08. The van der Waals surface area contributed by atoms with Crippen molar-refractivity contribution in [1.29, 1.82) is 0 Å². The molecule has 0 aromatic carbocycles. The van der Waals surface area contributed by atoms with Crippen LogP contribution in [-0.4, -0.2) is 56.1 Å². The largest absolute Gasteiger partial charge is 0.481 e. The van der Waals surface area contributed by atoms with Gasteiger partial charge in [-0.05, 0) is 6.42 Å². The van der Waals surface area contributed by atoms with Crippen LogP contribution in [0, 0.1) is 5.92 Å². The predicted octanol–water partition coefficient (Wildman–Crippen LogP) is 0.200. The van der Waals surface area contributed by atoms with Gasteiger partial charge in [-0.2, -0.15) is 0 Å². The first-order valence-electron chi connectivity index (χ1n) is 6.45. The van der Waals surface area contributed by atoms with Crippen molar-refractivity contribution in [3.05, 3.63) is 0 Å². The molecule has 110 valence electrons. The number of carboxylic acid groups (broad SMARTS) is 1. The number of carbonyl (C=O) groups is 2. The Morgan fingerprint density at radius 3 is 2.79 bits per heavy atom. The van der Waals surface area contributed by atoms with Gasteiger partial charge in [0, 0.05) is 7.11 Å². The Balaban J connectivity index is 2.42. The maximum Gasteiger partial charge on any atom is 0.315 e. The van der Waals surface area contributed by atoms with Gasteiger partial charge in [-0.15, -0.1) is 0 Å². The molecule has 1 fully saturated rings. The Hall–Kier alpha value is -1.34. The van der Waals surface area contributed by atoms with Crippen molar-refractivity contribution in [1.82, 2.24) is 10.6 Å². The molecule has 0 bridgehead atoms. The van der Waals surface area contributed by atoms with Crippen LogP contribution in [0.3, 0.4) is 0 Å². The monoisotopic (exact) mass is 274 g/mol. The summed E-state index contributed by atoms with van der Waals surface area (Å²) in [7, 11) is 1.58. The summed E-state index contributed by atoms with van der Waals surface area (Å²) in [4.78, 5) is 22.7. The highest BCUT2D eigenvalue weighted by Crippen LogP contribution is 2.13. The van der Waals surface area contributed by atoms with E-state index in [-0.39, 0.29) is 25.3 Å². The SMILES string of the molecule is CCCC(COC)NC(=O)NC1COCC1C(=O)O. The van der Waals surface area contributed by atoms with Gasteiger partial charge >= 0.3 is 12.0 Å². The number of hydrogen-bond donors (Lipinski definition) is 3. The number of ether oxygens (including phenoxy) is 2. The standard InChI is InChI=1S/C12H22N2O5/c1-3-4-8(5-18-2)13-12(17)14-10-7-19-6-9(10)11(15)16/h8-10H,3-7H2,1-2H3,(H,15,16)(H2,13,14,17). The Labute approximate surface area is 112 Å². The summed E-state index contributed by atoms with van der Waals surface area (Å²) in [5.41, 5.74) is 0. The van der Waals surface area contributed by atoms with Gasteiger partial charge in [0.2, 0.25) is 0 Å². The Bertz CT molecular complexity index is 304. The molecular formula is C12H22N2O5. The molecule has 1 aliphatic heterocycles. The molecule has 3 N–H and O–H groups in total. The highest BCUT2D eigenvalue weighted by Gasteiger charge is 2.35. The van der Waals surface area contributed by atoms with Crippen molar-refractivity contribution in [3.63, 3.8) is 0 Å². The highest BCUT2D eigenvalue weighted by atomic mass is 16.5. The Morgan fingerprint density at radius 2 is 2.21 bits per heavy atom. The zero-order valence-electron chi connectivity index (χ0n) is 11.3. The number of carboxylic acids is 1. The third kappa shape index (κ3) is 5.04. The van der Waals surface area contributed by atoms with Gasteiger partial charge in [-0.3, -0.25) is 4.79 Å². The van der Waals surface area contributed by atoms with E-state index >= 15 is 0 Å². The second kappa shape index (κ2) is 7.96. The molecule has 1 heterocycles. The number of methoxy groups -OCH3 is 1. The zero-order chi connectivity index (χ0) is 14.3. The molecule has 0 saturated carbocycles. The van der Waals surface area contributed by atoms with Gasteiger partial charge in [-0.1, -0.05) is 13.3 Å². The second-order valence-corrected chi connectivity index (χ2v) is 4.65.